The molecule has 1 fully saturated rings. The highest BCUT2D eigenvalue weighted by molar-refractivity contribution is 7.17. The average Bonchev–Trinajstić information content (AvgIpc) is 2.75. The van der Waals surface area contributed by atoms with Gasteiger partial charge in [-0.3, -0.25) is 5.41 Å². The zero-order valence-corrected chi connectivity index (χ0v) is 8.10. The first kappa shape index (κ1) is 8.50. The molecule has 0 aromatic carbocycles. The van der Waals surface area contributed by atoms with Gasteiger partial charge in [0.15, 0.2) is 5.13 Å². The van der Waals surface area contributed by atoms with Gasteiger partial charge in [-0.2, -0.15) is 0 Å². The van der Waals surface area contributed by atoms with E-state index in [2.05, 4.69) is 9.88 Å². The summed E-state index contributed by atoms with van der Waals surface area (Å²) in [6.07, 6.45) is 4.17. The number of anilines is 1. The fraction of sp³-hybridized carbons (Fsp3) is 0.500. The molecule has 3 N–H and O–H groups in total. The Labute approximate surface area is 80.9 Å². The number of nitrogens with zero attached hydrogens (tertiary/aromatic N) is 2. The monoisotopic (exact) mass is 196 g/mol. The van der Waals surface area contributed by atoms with Crippen molar-refractivity contribution in [3.63, 3.8) is 0 Å². The van der Waals surface area contributed by atoms with Crippen LogP contribution in [0.5, 0.6) is 0 Å². The van der Waals surface area contributed by atoms with Crippen molar-refractivity contribution in [1.29, 1.82) is 5.41 Å². The third kappa shape index (κ3) is 1.65. The number of thiazole rings is 1. The molecule has 1 aliphatic heterocycles. The van der Waals surface area contributed by atoms with Crippen LogP contribution in [0.2, 0.25) is 0 Å². The molecule has 0 radical (unpaired) electrons. The van der Waals surface area contributed by atoms with Gasteiger partial charge in [0.05, 0.1) is 11.1 Å². The van der Waals surface area contributed by atoms with Crippen LogP contribution in [-0.4, -0.2) is 23.9 Å². The van der Waals surface area contributed by atoms with E-state index in [0.717, 1.165) is 23.1 Å². The second kappa shape index (κ2) is 3.33. The Morgan fingerprint density at radius 3 is 2.77 bits per heavy atom. The minimum atomic E-state index is 0.114. The Hall–Kier alpha value is -1.10. The zero-order chi connectivity index (χ0) is 9.26. The summed E-state index contributed by atoms with van der Waals surface area (Å²) in [5.74, 6) is 0.114. The molecule has 0 aliphatic carbocycles. The first-order valence-corrected chi connectivity index (χ1v) is 5.14. The van der Waals surface area contributed by atoms with Crippen LogP contribution < -0.4 is 10.6 Å². The molecule has 13 heavy (non-hydrogen) atoms. The molecule has 0 unspecified atom stereocenters. The van der Waals surface area contributed by atoms with Crippen LogP contribution in [0.25, 0.3) is 0 Å². The van der Waals surface area contributed by atoms with E-state index in [0.29, 0.717) is 0 Å². The van der Waals surface area contributed by atoms with Crippen molar-refractivity contribution in [1.82, 2.24) is 4.98 Å². The summed E-state index contributed by atoms with van der Waals surface area (Å²) in [7, 11) is 0. The predicted octanol–water partition coefficient (Wildman–Crippen LogP) is 1.03. The minimum absolute atomic E-state index is 0.114. The number of nitrogens with two attached hydrogens (primary N) is 1. The summed E-state index contributed by atoms with van der Waals surface area (Å²) in [5.41, 5.74) is 5.36. The van der Waals surface area contributed by atoms with Gasteiger partial charge in [0.2, 0.25) is 0 Å². The molecule has 4 nitrogen and oxygen atoms in total. The van der Waals surface area contributed by atoms with Crippen LogP contribution in [0.15, 0.2) is 6.20 Å². The van der Waals surface area contributed by atoms with Gasteiger partial charge in [-0.15, -0.1) is 0 Å². The largest absolute Gasteiger partial charge is 0.383 e. The molecule has 0 saturated carbocycles. The van der Waals surface area contributed by atoms with Crippen molar-refractivity contribution < 1.29 is 0 Å². The lowest BCUT2D eigenvalue weighted by atomic mass is 10.4. The lowest BCUT2D eigenvalue weighted by Crippen LogP contribution is -2.16. The number of nitrogens with one attached hydrogen (secondary N) is 1. The number of amidine groups is 1. The third-order valence-electron chi connectivity index (χ3n) is 2.14. The molecule has 0 amide bonds. The SMILES string of the molecule is N=C(N)c1cnc(N2CCCC2)s1. The summed E-state index contributed by atoms with van der Waals surface area (Å²) in [6.45, 7) is 2.18. The smallest absolute Gasteiger partial charge is 0.185 e. The highest BCUT2D eigenvalue weighted by Crippen LogP contribution is 2.25. The van der Waals surface area contributed by atoms with E-state index in [4.69, 9.17) is 11.1 Å². The Balaban J connectivity index is 2.16. The summed E-state index contributed by atoms with van der Waals surface area (Å²) >= 11 is 1.50. The van der Waals surface area contributed by atoms with Crippen LogP contribution in [0.1, 0.15) is 17.7 Å². The van der Waals surface area contributed by atoms with Crippen molar-refractivity contribution in [2.45, 2.75) is 12.8 Å². The zero-order valence-electron chi connectivity index (χ0n) is 7.29. The third-order valence-corrected chi connectivity index (χ3v) is 3.23. The molecule has 0 spiro atoms. The molecule has 2 heterocycles. The molecule has 0 atom stereocenters. The van der Waals surface area contributed by atoms with E-state index in [1.165, 1.54) is 24.2 Å². The minimum Gasteiger partial charge on any atom is -0.383 e. The molecule has 0 bridgehead atoms. The summed E-state index contributed by atoms with van der Waals surface area (Å²) in [5, 5.41) is 8.25. The lowest BCUT2D eigenvalue weighted by molar-refractivity contribution is 0.949. The topological polar surface area (TPSA) is 66.0 Å². The van der Waals surface area contributed by atoms with Crippen LogP contribution in [0, 0.1) is 5.41 Å². The fourth-order valence-electron chi connectivity index (χ4n) is 1.44. The number of hydrogen-bond acceptors (Lipinski definition) is 4. The van der Waals surface area contributed by atoms with Gasteiger partial charge in [-0.1, -0.05) is 11.3 Å². The lowest BCUT2D eigenvalue weighted by Gasteiger charge is -2.11. The molecule has 70 valence electrons. The van der Waals surface area contributed by atoms with E-state index >= 15 is 0 Å². The van der Waals surface area contributed by atoms with Gasteiger partial charge in [-0.25, -0.2) is 4.98 Å². The van der Waals surface area contributed by atoms with Gasteiger partial charge < -0.3 is 10.6 Å². The van der Waals surface area contributed by atoms with Gasteiger partial charge in [0.1, 0.15) is 5.84 Å². The van der Waals surface area contributed by atoms with E-state index in [1.54, 1.807) is 6.20 Å². The summed E-state index contributed by atoms with van der Waals surface area (Å²) in [4.78, 5) is 7.26. The first-order chi connectivity index (χ1) is 6.27. The van der Waals surface area contributed by atoms with Crippen molar-refractivity contribution in [3.05, 3.63) is 11.1 Å². The molecule has 1 aromatic rings. The highest BCUT2D eigenvalue weighted by atomic mass is 32.1. The maximum absolute atomic E-state index is 7.25. The van der Waals surface area contributed by atoms with Crippen LogP contribution in [-0.2, 0) is 0 Å². The van der Waals surface area contributed by atoms with E-state index in [9.17, 15) is 0 Å². The van der Waals surface area contributed by atoms with Crippen LogP contribution >= 0.6 is 11.3 Å². The van der Waals surface area contributed by atoms with Crippen molar-refractivity contribution >= 4 is 22.3 Å². The Kier molecular flexibility index (Phi) is 2.18. The van der Waals surface area contributed by atoms with E-state index < -0.39 is 0 Å². The van der Waals surface area contributed by atoms with Gasteiger partial charge >= 0.3 is 0 Å². The Morgan fingerprint density at radius 2 is 2.23 bits per heavy atom. The number of aromatic nitrogens is 1. The first-order valence-electron chi connectivity index (χ1n) is 4.32. The standard InChI is InChI=1S/C8H12N4S/c9-7(10)6-5-11-8(13-6)12-3-1-2-4-12/h5H,1-4H2,(H3,9,10). The maximum atomic E-state index is 7.25. The quantitative estimate of drug-likeness (QED) is 0.548. The number of hydrogen-bond donors (Lipinski definition) is 2. The normalized spacial score (nSPS) is 16.5. The van der Waals surface area contributed by atoms with Crippen molar-refractivity contribution in [2.75, 3.05) is 18.0 Å². The van der Waals surface area contributed by atoms with Crippen molar-refractivity contribution in [2.24, 2.45) is 5.73 Å². The predicted molar refractivity (Wildman–Crippen MR) is 54.6 cm³/mol. The molecular weight excluding hydrogens is 184 g/mol. The molecule has 1 aliphatic rings. The molecule has 1 aromatic heterocycles. The van der Waals surface area contributed by atoms with E-state index in [-0.39, 0.29) is 5.84 Å². The number of rotatable bonds is 2. The second-order valence-corrected chi connectivity index (χ2v) is 4.12. The fourth-order valence-corrected chi connectivity index (χ4v) is 2.27. The van der Waals surface area contributed by atoms with Gasteiger partial charge in [0, 0.05) is 13.1 Å². The second-order valence-electron chi connectivity index (χ2n) is 3.11. The average molecular weight is 196 g/mol. The Morgan fingerprint density at radius 1 is 1.54 bits per heavy atom. The van der Waals surface area contributed by atoms with Gasteiger partial charge in [0.25, 0.3) is 0 Å². The summed E-state index contributed by atoms with van der Waals surface area (Å²) in [6, 6.07) is 0. The number of nitrogen functional groups attached to an aromatic ring is 1. The molecule has 2 rings (SSSR count). The summed E-state index contributed by atoms with van der Waals surface area (Å²) < 4.78 is 0. The van der Waals surface area contributed by atoms with Gasteiger partial charge in [-0.05, 0) is 12.8 Å². The van der Waals surface area contributed by atoms with Crippen LogP contribution in [0.4, 0.5) is 5.13 Å². The van der Waals surface area contributed by atoms with E-state index in [1.807, 2.05) is 0 Å². The molecular formula is C8H12N4S. The van der Waals surface area contributed by atoms with Crippen molar-refractivity contribution in [3.8, 4) is 0 Å². The molecule has 5 heteroatoms. The highest BCUT2D eigenvalue weighted by Gasteiger charge is 2.15. The Bertz CT molecular complexity index is 314. The van der Waals surface area contributed by atoms with Crippen LogP contribution in [0.3, 0.4) is 0 Å². The molecule has 1 saturated heterocycles. The maximum Gasteiger partial charge on any atom is 0.185 e.